The predicted molar refractivity (Wildman–Crippen MR) is 133 cm³/mol. The lowest BCUT2D eigenvalue weighted by molar-refractivity contribution is -0.190. The van der Waals surface area contributed by atoms with Gasteiger partial charge >= 0.3 is 0 Å². The zero-order chi connectivity index (χ0) is 29.0. The molecule has 0 aliphatic carbocycles. The first-order chi connectivity index (χ1) is 18.9. The van der Waals surface area contributed by atoms with Gasteiger partial charge in [0.15, 0.2) is 22.5 Å². The summed E-state index contributed by atoms with van der Waals surface area (Å²) in [5, 5.41) is 103. The molecule has 40 heavy (non-hydrogen) atoms. The van der Waals surface area contributed by atoms with Crippen molar-refractivity contribution in [3.05, 3.63) is 45.6 Å². The average molecular weight is 564 g/mol. The predicted octanol–water partition coefficient (Wildman–Crippen LogP) is -1.02. The maximum Gasteiger partial charge on any atom is 0.197 e. The van der Waals surface area contributed by atoms with Crippen LogP contribution >= 0.6 is 0 Å². The first-order valence-corrected chi connectivity index (χ1v) is 12.3. The van der Waals surface area contributed by atoms with E-state index in [1.807, 2.05) is 0 Å². The first-order valence-electron chi connectivity index (χ1n) is 12.3. The highest BCUT2D eigenvalue weighted by atomic mass is 16.5. The van der Waals surface area contributed by atoms with Gasteiger partial charge in [0.2, 0.25) is 0 Å². The minimum atomic E-state index is -1.86. The number of hydrogen-bond donors (Lipinski definition) is 10. The van der Waals surface area contributed by atoms with Gasteiger partial charge in [0.1, 0.15) is 59.3 Å². The summed E-state index contributed by atoms with van der Waals surface area (Å²) < 4.78 is 17.1. The molecule has 14 heteroatoms. The summed E-state index contributed by atoms with van der Waals surface area (Å²) in [7, 11) is 0. The molecule has 216 valence electrons. The minimum Gasteiger partial charge on any atom is -0.507 e. The van der Waals surface area contributed by atoms with Gasteiger partial charge in [-0.25, -0.2) is 0 Å². The fourth-order valence-electron chi connectivity index (χ4n) is 5.14. The number of hydrogen-bond acceptors (Lipinski definition) is 14. The molecule has 0 bridgehead atoms. The average Bonchev–Trinajstić information content (AvgIpc) is 2.91. The van der Waals surface area contributed by atoms with Crippen LogP contribution in [0.5, 0.6) is 23.0 Å². The second-order valence-corrected chi connectivity index (χ2v) is 9.85. The number of phenolic OH excluding ortho intramolecular Hbond substituents is 4. The van der Waals surface area contributed by atoms with Crippen LogP contribution in [0.4, 0.5) is 0 Å². The van der Waals surface area contributed by atoms with Gasteiger partial charge in [0, 0.05) is 18.1 Å². The van der Waals surface area contributed by atoms with Crippen molar-refractivity contribution in [1.29, 1.82) is 0 Å². The fourth-order valence-corrected chi connectivity index (χ4v) is 5.14. The van der Waals surface area contributed by atoms with E-state index in [0.29, 0.717) is 0 Å². The zero-order valence-corrected chi connectivity index (χ0v) is 20.7. The van der Waals surface area contributed by atoms with Crippen LogP contribution in [0.1, 0.15) is 29.8 Å². The quantitative estimate of drug-likeness (QED) is 0.170. The van der Waals surface area contributed by atoms with Crippen molar-refractivity contribution in [2.24, 2.45) is 0 Å². The van der Waals surface area contributed by atoms with Gasteiger partial charge in [-0.2, -0.15) is 0 Å². The SMILES string of the molecule is O=c1cc(-c2ccc(O)c(O)c2)oc2c([C@H]3C[C@@H](O)[C@H](O)[C@@H](CO)O3)c(O)c([C@@H]3OC[C@H](O)[C@H](O)[C@H]3O)c(O)c12. The van der Waals surface area contributed by atoms with Crippen molar-refractivity contribution in [1.82, 2.24) is 0 Å². The second kappa shape index (κ2) is 10.5. The number of rotatable bonds is 4. The second-order valence-electron chi connectivity index (χ2n) is 9.85. The molecule has 8 atom stereocenters. The van der Waals surface area contributed by atoms with Gasteiger partial charge in [-0.3, -0.25) is 4.79 Å². The number of fused-ring (bicyclic) bond motifs is 1. The molecule has 5 rings (SSSR count). The monoisotopic (exact) mass is 564 g/mol. The number of aliphatic hydroxyl groups is 6. The Morgan fingerprint density at radius 2 is 1.55 bits per heavy atom. The van der Waals surface area contributed by atoms with E-state index in [9.17, 15) is 55.9 Å². The van der Waals surface area contributed by atoms with Crippen LogP contribution in [0.3, 0.4) is 0 Å². The first kappa shape index (κ1) is 28.1. The molecule has 3 heterocycles. The van der Waals surface area contributed by atoms with Crippen LogP contribution < -0.4 is 5.43 Å². The third kappa shape index (κ3) is 4.53. The van der Waals surface area contributed by atoms with Crippen molar-refractivity contribution in [2.45, 2.75) is 55.3 Å². The Balaban J connectivity index is 1.79. The van der Waals surface area contributed by atoms with Crippen LogP contribution in [-0.4, -0.2) is 101 Å². The van der Waals surface area contributed by atoms with Crippen molar-refractivity contribution < 1.29 is 65.0 Å². The lowest BCUT2D eigenvalue weighted by Gasteiger charge is -2.38. The summed E-state index contributed by atoms with van der Waals surface area (Å²) in [5.41, 5.74) is -2.01. The summed E-state index contributed by atoms with van der Waals surface area (Å²) in [5.74, 6) is -2.80. The van der Waals surface area contributed by atoms with Crippen LogP contribution in [-0.2, 0) is 9.47 Å². The fraction of sp³-hybridized carbons (Fsp3) is 0.423. The van der Waals surface area contributed by atoms with E-state index in [4.69, 9.17) is 13.9 Å². The molecule has 0 saturated carbocycles. The standard InChI is InChI=1S/C26H28O14/c27-6-16-20(33)12(31)5-15(39-16)18-23(36)19(26-24(37)21(34)13(32)7-38-26)22(35)17-11(30)4-14(40-25(17)18)8-1-2-9(28)10(29)3-8/h1-4,12-13,15-16,20-21,24,26-29,31-37H,5-7H2/t12-,13+,15-,16-,20+,21+,24-,26+/m1/s1. The molecular weight excluding hydrogens is 536 g/mol. The maximum absolute atomic E-state index is 13.4. The Kier molecular flexibility index (Phi) is 7.37. The Morgan fingerprint density at radius 1 is 0.825 bits per heavy atom. The minimum absolute atomic E-state index is 0.125. The van der Waals surface area contributed by atoms with E-state index in [1.165, 1.54) is 6.07 Å². The van der Waals surface area contributed by atoms with Crippen LogP contribution in [0.15, 0.2) is 33.5 Å². The Morgan fingerprint density at radius 3 is 2.23 bits per heavy atom. The smallest absolute Gasteiger partial charge is 0.197 e. The summed E-state index contributed by atoms with van der Waals surface area (Å²) in [6.07, 6.45) is -12.7. The van der Waals surface area contributed by atoms with E-state index < -0.39 is 107 Å². The van der Waals surface area contributed by atoms with Crippen molar-refractivity contribution in [3.8, 4) is 34.3 Å². The van der Waals surface area contributed by atoms with Gasteiger partial charge in [-0.15, -0.1) is 0 Å². The number of phenols is 4. The maximum atomic E-state index is 13.4. The number of aromatic hydroxyl groups is 4. The highest BCUT2D eigenvalue weighted by molar-refractivity contribution is 5.91. The zero-order valence-electron chi connectivity index (χ0n) is 20.7. The molecule has 1 aromatic heterocycles. The number of ether oxygens (including phenoxy) is 2. The Labute approximate surface area is 224 Å². The summed E-state index contributed by atoms with van der Waals surface area (Å²) in [6.45, 7) is -1.22. The molecule has 0 unspecified atom stereocenters. The van der Waals surface area contributed by atoms with Gasteiger partial charge in [0.05, 0.1) is 36.5 Å². The Hall–Kier alpha value is -3.47. The topological polar surface area (TPSA) is 251 Å². The van der Waals surface area contributed by atoms with E-state index in [2.05, 4.69) is 0 Å². The van der Waals surface area contributed by atoms with Gasteiger partial charge in [0.25, 0.3) is 0 Å². The molecular formula is C26H28O14. The van der Waals surface area contributed by atoms with Gasteiger partial charge < -0.3 is 65.0 Å². The third-order valence-corrected chi connectivity index (χ3v) is 7.31. The lowest BCUT2D eigenvalue weighted by Crippen LogP contribution is -2.49. The highest BCUT2D eigenvalue weighted by Crippen LogP contribution is 2.50. The third-order valence-electron chi connectivity index (χ3n) is 7.31. The summed E-state index contributed by atoms with van der Waals surface area (Å²) in [4.78, 5) is 13.4. The van der Waals surface area contributed by atoms with Crippen LogP contribution in [0.2, 0.25) is 0 Å². The van der Waals surface area contributed by atoms with E-state index in [1.54, 1.807) is 0 Å². The summed E-state index contributed by atoms with van der Waals surface area (Å²) in [6, 6.07) is 4.53. The lowest BCUT2D eigenvalue weighted by atomic mass is 9.87. The van der Waals surface area contributed by atoms with Crippen molar-refractivity contribution in [2.75, 3.05) is 13.2 Å². The van der Waals surface area contributed by atoms with Gasteiger partial charge in [-0.1, -0.05) is 0 Å². The van der Waals surface area contributed by atoms with Crippen molar-refractivity contribution in [3.63, 3.8) is 0 Å². The molecule has 2 fully saturated rings. The van der Waals surface area contributed by atoms with Gasteiger partial charge in [-0.05, 0) is 18.2 Å². The summed E-state index contributed by atoms with van der Waals surface area (Å²) >= 11 is 0. The van der Waals surface area contributed by atoms with Crippen molar-refractivity contribution >= 4 is 11.0 Å². The van der Waals surface area contributed by atoms with E-state index >= 15 is 0 Å². The molecule has 0 amide bonds. The largest absolute Gasteiger partial charge is 0.507 e. The molecule has 0 radical (unpaired) electrons. The number of aliphatic hydroxyl groups excluding tert-OH is 6. The molecule has 2 aromatic carbocycles. The normalized spacial score (nSPS) is 30.9. The molecule has 2 saturated heterocycles. The van der Waals surface area contributed by atoms with E-state index in [0.717, 1.165) is 18.2 Å². The van der Waals surface area contributed by atoms with Crippen LogP contribution in [0, 0.1) is 0 Å². The molecule has 2 aliphatic rings. The molecule has 14 nitrogen and oxygen atoms in total. The molecule has 2 aliphatic heterocycles. The van der Waals surface area contributed by atoms with Crippen LogP contribution in [0.25, 0.3) is 22.3 Å². The van der Waals surface area contributed by atoms with E-state index in [-0.39, 0.29) is 23.3 Å². The number of benzene rings is 2. The Bertz CT molecular complexity index is 1480. The molecule has 0 spiro atoms. The molecule has 3 aromatic rings. The highest BCUT2D eigenvalue weighted by Gasteiger charge is 2.45. The molecule has 10 N–H and O–H groups in total.